The zero-order valence-electron chi connectivity index (χ0n) is 8.78. The molecule has 0 spiro atoms. The fourth-order valence-corrected chi connectivity index (χ4v) is 2.19. The Morgan fingerprint density at radius 3 is 2.94 bits per heavy atom. The number of rotatable bonds is 4. The number of hydrogen-bond donors (Lipinski definition) is 3. The van der Waals surface area contributed by atoms with Crippen LogP contribution in [0.5, 0.6) is 0 Å². The van der Waals surface area contributed by atoms with Crippen molar-refractivity contribution >= 4 is 32.4 Å². The second kappa shape index (κ2) is 4.42. The molecular formula is C10H11F2N3OS. The van der Waals surface area contributed by atoms with Gasteiger partial charge in [-0.3, -0.25) is 0 Å². The zero-order valence-corrected chi connectivity index (χ0v) is 9.60. The van der Waals surface area contributed by atoms with Gasteiger partial charge in [-0.15, -0.1) is 0 Å². The van der Waals surface area contributed by atoms with Crippen LogP contribution in [0.25, 0.3) is 10.2 Å². The topological polar surface area (TPSA) is 71.2 Å². The zero-order chi connectivity index (χ0) is 12.5. The molecule has 0 fully saturated rings. The number of fused-ring (bicyclic) bond motifs is 1. The molecule has 4 nitrogen and oxygen atoms in total. The van der Waals surface area contributed by atoms with E-state index in [0.29, 0.717) is 16.3 Å². The summed E-state index contributed by atoms with van der Waals surface area (Å²) in [5.41, 5.74) is 6.92. The van der Waals surface area contributed by atoms with Crippen molar-refractivity contribution in [2.45, 2.75) is 5.92 Å². The van der Waals surface area contributed by atoms with Gasteiger partial charge in [0.1, 0.15) is 6.61 Å². The monoisotopic (exact) mass is 259 g/mol. The first-order valence-corrected chi connectivity index (χ1v) is 5.70. The van der Waals surface area contributed by atoms with Crippen LogP contribution in [0.4, 0.5) is 19.6 Å². The van der Waals surface area contributed by atoms with Crippen LogP contribution in [0, 0.1) is 0 Å². The van der Waals surface area contributed by atoms with Crippen molar-refractivity contribution < 1.29 is 13.9 Å². The van der Waals surface area contributed by atoms with Gasteiger partial charge in [0.25, 0.3) is 5.92 Å². The summed E-state index contributed by atoms with van der Waals surface area (Å²) < 4.78 is 26.4. The van der Waals surface area contributed by atoms with Gasteiger partial charge in [0.15, 0.2) is 5.13 Å². The predicted octanol–water partition coefficient (Wildman–Crippen LogP) is 1.92. The number of aromatic nitrogens is 1. The number of anilines is 2. The van der Waals surface area contributed by atoms with Crippen molar-refractivity contribution in [3.63, 3.8) is 0 Å². The minimum atomic E-state index is -3.14. The molecule has 0 bridgehead atoms. The lowest BCUT2D eigenvalue weighted by Gasteiger charge is -2.12. The van der Waals surface area contributed by atoms with Crippen LogP contribution in [-0.2, 0) is 0 Å². The Morgan fingerprint density at radius 2 is 2.24 bits per heavy atom. The van der Waals surface area contributed by atoms with Crippen LogP contribution in [0.1, 0.15) is 0 Å². The van der Waals surface area contributed by atoms with Gasteiger partial charge >= 0.3 is 0 Å². The molecule has 0 aliphatic rings. The number of nitrogen functional groups attached to an aromatic ring is 1. The van der Waals surface area contributed by atoms with Crippen LogP contribution in [0.15, 0.2) is 18.2 Å². The third-order valence-electron chi connectivity index (χ3n) is 2.14. The van der Waals surface area contributed by atoms with E-state index in [1.165, 1.54) is 11.3 Å². The molecule has 4 N–H and O–H groups in total. The van der Waals surface area contributed by atoms with Gasteiger partial charge < -0.3 is 16.2 Å². The van der Waals surface area contributed by atoms with E-state index in [-0.39, 0.29) is 0 Å². The Hall–Kier alpha value is -1.47. The summed E-state index contributed by atoms with van der Waals surface area (Å²) in [5.74, 6) is -3.14. The first kappa shape index (κ1) is 12.0. The van der Waals surface area contributed by atoms with E-state index < -0.39 is 19.1 Å². The fourth-order valence-electron chi connectivity index (χ4n) is 1.28. The van der Waals surface area contributed by atoms with Crippen LogP contribution >= 0.6 is 11.3 Å². The highest BCUT2D eigenvalue weighted by molar-refractivity contribution is 7.22. The Morgan fingerprint density at radius 1 is 1.47 bits per heavy atom. The molecule has 0 saturated heterocycles. The van der Waals surface area contributed by atoms with Gasteiger partial charge in [-0.25, -0.2) is 13.8 Å². The summed E-state index contributed by atoms with van der Waals surface area (Å²) in [6.45, 7) is -1.82. The minimum Gasteiger partial charge on any atom is -0.399 e. The van der Waals surface area contributed by atoms with Crippen LogP contribution in [0.3, 0.4) is 0 Å². The van der Waals surface area contributed by atoms with Crippen LogP contribution in [0.2, 0.25) is 0 Å². The highest BCUT2D eigenvalue weighted by atomic mass is 32.1. The number of nitrogens with zero attached hydrogens (tertiary/aromatic N) is 1. The van der Waals surface area contributed by atoms with Crippen molar-refractivity contribution in [1.29, 1.82) is 0 Å². The summed E-state index contributed by atoms with van der Waals surface area (Å²) >= 11 is 1.25. The van der Waals surface area contributed by atoms with Crippen molar-refractivity contribution in [3.8, 4) is 0 Å². The fraction of sp³-hybridized carbons (Fsp3) is 0.300. The molecule has 0 saturated carbocycles. The van der Waals surface area contributed by atoms with Gasteiger partial charge in [0, 0.05) is 5.69 Å². The van der Waals surface area contributed by atoms with E-state index in [1.807, 2.05) is 0 Å². The van der Waals surface area contributed by atoms with Gasteiger partial charge in [-0.1, -0.05) is 11.3 Å². The molecule has 0 atom stereocenters. The Bertz CT molecular complexity index is 529. The maximum atomic E-state index is 12.8. The summed E-state index contributed by atoms with van der Waals surface area (Å²) in [6, 6.07) is 5.17. The summed E-state index contributed by atoms with van der Waals surface area (Å²) in [6.07, 6.45) is 0. The molecule has 2 rings (SSSR count). The second-order valence-corrected chi connectivity index (χ2v) is 4.64. The first-order chi connectivity index (χ1) is 8.00. The van der Waals surface area contributed by atoms with E-state index in [4.69, 9.17) is 10.8 Å². The molecule has 1 aromatic heterocycles. The molecule has 0 radical (unpaired) electrons. The average molecular weight is 259 g/mol. The Kier molecular flexibility index (Phi) is 3.12. The lowest BCUT2D eigenvalue weighted by molar-refractivity contribution is -0.0372. The van der Waals surface area contributed by atoms with Crippen LogP contribution in [-0.4, -0.2) is 29.2 Å². The number of aliphatic hydroxyl groups is 1. The SMILES string of the molecule is Nc1ccc2nc(NCC(F)(F)CO)sc2c1. The number of alkyl halides is 2. The quantitative estimate of drug-likeness (QED) is 0.734. The molecule has 0 unspecified atom stereocenters. The van der Waals surface area contributed by atoms with E-state index >= 15 is 0 Å². The third kappa shape index (κ3) is 2.80. The normalized spacial score (nSPS) is 11.9. The Labute approximate surface area is 100 Å². The highest BCUT2D eigenvalue weighted by Gasteiger charge is 2.27. The van der Waals surface area contributed by atoms with Crippen LogP contribution < -0.4 is 11.1 Å². The molecule has 0 aliphatic heterocycles. The third-order valence-corrected chi connectivity index (χ3v) is 3.12. The second-order valence-electron chi connectivity index (χ2n) is 3.61. The lowest BCUT2D eigenvalue weighted by atomic mass is 10.3. The standard InChI is InChI=1S/C10H11F2N3OS/c11-10(12,5-16)4-14-9-15-7-2-1-6(13)3-8(7)17-9/h1-3,16H,4-5,13H2,(H,14,15). The summed E-state index contributed by atoms with van der Waals surface area (Å²) in [4.78, 5) is 4.13. The summed E-state index contributed by atoms with van der Waals surface area (Å²) in [5, 5.41) is 11.3. The van der Waals surface area contributed by atoms with Crippen molar-refractivity contribution in [1.82, 2.24) is 4.98 Å². The maximum absolute atomic E-state index is 12.8. The lowest BCUT2D eigenvalue weighted by Crippen LogP contribution is -2.30. The number of halogens is 2. The molecule has 7 heteroatoms. The van der Waals surface area contributed by atoms with Gasteiger partial charge in [0.2, 0.25) is 0 Å². The molecule has 92 valence electrons. The van der Waals surface area contributed by atoms with Crippen molar-refractivity contribution in [3.05, 3.63) is 18.2 Å². The highest BCUT2D eigenvalue weighted by Crippen LogP contribution is 2.28. The van der Waals surface area contributed by atoms with Crippen molar-refractivity contribution in [2.75, 3.05) is 24.2 Å². The molecule has 2 aromatic rings. The smallest absolute Gasteiger partial charge is 0.287 e. The number of nitrogens with one attached hydrogen (secondary N) is 1. The summed E-state index contributed by atoms with van der Waals surface area (Å²) in [7, 11) is 0. The molecule has 0 amide bonds. The average Bonchev–Trinajstić information content (AvgIpc) is 2.68. The molecule has 1 heterocycles. The first-order valence-electron chi connectivity index (χ1n) is 4.89. The van der Waals surface area contributed by atoms with E-state index in [0.717, 1.165) is 4.70 Å². The number of thiazole rings is 1. The number of nitrogens with two attached hydrogens (primary N) is 1. The number of hydrogen-bond acceptors (Lipinski definition) is 5. The molecule has 17 heavy (non-hydrogen) atoms. The van der Waals surface area contributed by atoms with Gasteiger partial charge in [-0.2, -0.15) is 0 Å². The predicted molar refractivity (Wildman–Crippen MR) is 64.6 cm³/mol. The molecule has 0 aliphatic carbocycles. The largest absolute Gasteiger partial charge is 0.399 e. The van der Waals surface area contributed by atoms with Gasteiger partial charge in [0.05, 0.1) is 16.8 Å². The van der Waals surface area contributed by atoms with Gasteiger partial charge in [-0.05, 0) is 18.2 Å². The Balaban J connectivity index is 2.15. The molecule has 1 aromatic carbocycles. The van der Waals surface area contributed by atoms with E-state index in [1.54, 1.807) is 18.2 Å². The van der Waals surface area contributed by atoms with E-state index in [2.05, 4.69) is 10.3 Å². The minimum absolute atomic E-state index is 0.388. The number of benzene rings is 1. The van der Waals surface area contributed by atoms with Crippen molar-refractivity contribution in [2.24, 2.45) is 0 Å². The number of aliphatic hydroxyl groups excluding tert-OH is 1. The maximum Gasteiger partial charge on any atom is 0.287 e. The van der Waals surface area contributed by atoms with E-state index in [9.17, 15) is 8.78 Å². The molecular weight excluding hydrogens is 248 g/mol.